The first-order valence-electron chi connectivity index (χ1n) is 8.82. The van der Waals surface area contributed by atoms with Gasteiger partial charge in [0.1, 0.15) is 5.75 Å². The lowest BCUT2D eigenvalue weighted by molar-refractivity contribution is -0.137. The van der Waals surface area contributed by atoms with E-state index in [9.17, 15) is 21.6 Å². The van der Waals surface area contributed by atoms with Crippen molar-refractivity contribution in [3.05, 3.63) is 66.1 Å². The summed E-state index contributed by atoms with van der Waals surface area (Å²) >= 11 is 0.929. The zero-order valence-corrected chi connectivity index (χ0v) is 17.6. The highest BCUT2D eigenvalue weighted by atomic mass is 32.2. The minimum atomic E-state index is -4.51. The van der Waals surface area contributed by atoms with Gasteiger partial charge in [0.25, 0.3) is 0 Å². The van der Waals surface area contributed by atoms with E-state index in [1.807, 2.05) is 0 Å². The molecule has 0 unspecified atom stereocenters. The zero-order chi connectivity index (χ0) is 22.2. The molecule has 2 aromatic carbocycles. The summed E-state index contributed by atoms with van der Waals surface area (Å²) < 4.78 is 77.5. The molecular weight excluding hydrogens is 451 g/mol. The van der Waals surface area contributed by atoms with Gasteiger partial charge in [-0.25, -0.2) is 8.42 Å². The highest BCUT2D eigenvalue weighted by molar-refractivity contribution is 7.90. The highest BCUT2D eigenvalue weighted by Crippen LogP contribution is 2.38. The molecule has 0 N–H and O–H groups in total. The van der Waals surface area contributed by atoms with Gasteiger partial charge in [-0.3, -0.25) is 4.98 Å². The van der Waals surface area contributed by atoms with Crippen molar-refractivity contribution in [1.29, 1.82) is 0 Å². The monoisotopic (exact) mass is 465 g/mol. The summed E-state index contributed by atoms with van der Waals surface area (Å²) in [6.45, 7) is 0. The van der Waals surface area contributed by atoms with Gasteiger partial charge in [-0.15, -0.1) is 0 Å². The average molecular weight is 465 g/mol. The Hall–Kier alpha value is -3.05. The quantitative estimate of drug-likeness (QED) is 0.423. The second-order valence-electron chi connectivity index (χ2n) is 6.61. The summed E-state index contributed by atoms with van der Waals surface area (Å²) in [5.41, 5.74) is 0.272. The predicted molar refractivity (Wildman–Crippen MR) is 110 cm³/mol. The molecular formula is C20H14F3N3O3S2. The predicted octanol–water partition coefficient (Wildman–Crippen LogP) is 4.75. The molecule has 160 valence electrons. The first-order valence-corrected chi connectivity index (χ1v) is 11.2. The van der Waals surface area contributed by atoms with Crippen molar-refractivity contribution in [2.45, 2.75) is 16.8 Å². The standard InChI is InChI=1S/C20H14F3N3O3S2/c1-29-18-9-13(20(21,22)23)2-4-17(18)19-16-5-3-15(8-12(16)6-7-24-19)31(27,28)11-14-10-25-30-26-14/h2-10H,11H2,1H3. The number of benzene rings is 2. The summed E-state index contributed by atoms with van der Waals surface area (Å²) in [6, 6.07) is 9.34. The van der Waals surface area contributed by atoms with Crippen LogP contribution in [0.4, 0.5) is 13.2 Å². The minimum Gasteiger partial charge on any atom is -0.496 e. The molecule has 31 heavy (non-hydrogen) atoms. The zero-order valence-electron chi connectivity index (χ0n) is 15.9. The lowest BCUT2D eigenvalue weighted by Gasteiger charge is -2.14. The Bertz CT molecular complexity index is 1360. The van der Waals surface area contributed by atoms with Gasteiger partial charge in [0.2, 0.25) is 0 Å². The molecule has 4 aromatic rings. The molecule has 0 radical (unpaired) electrons. The molecule has 2 aromatic heterocycles. The topological polar surface area (TPSA) is 82.0 Å². The molecule has 11 heteroatoms. The number of methoxy groups -OCH3 is 1. The fraction of sp³-hybridized carbons (Fsp3) is 0.150. The van der Waals surface area contributed by atoms with Crippen molar-refractivity contribution in [3.63, 3.8) is 0 Å². The van der Waals surface area contributed by atoms with Gasteiger partial charge in [-0.05, 0) is 41.8 Å². The third-order valence-corrected chi connectivity index (χ3v) is 6.79. The van der Waals surface area contributed by atoms with E-state index in [4.69, 9.17) is 4.74 Å². The van der Waals surface area contributed by atoms with Gasteiger partial charge >= 0.3 is 6.18 Å². The second-order valence-corrected chi connectivity index (χ2v) is 9.16. The third-order valence-electron chi connectivity index (χ3n) is 4.62. The van der Waals surface area contributed by atoms with E-state index in [-0.39, 0.29) is 16.4 Å². The molecule has 2 heterocycles. The van der Waals surface area contributed by atoms with Gasteiger partial charge in [-0.2, -0.15) is 21.9 Å². The molecule has 0 aliphatic carbocycles. The van der Waals surface area contributed by atoms with E-state index in [1.165, 1.54) is 37.7 Å². The van der Waals surface area contributed by atoms with Crippen molar-refractivity contribution >= 4 is 32.3 Å². The Balaban J connectivity index is 1.79. The van der Waals surface area contributed by atoms with Crippen LogP contribution in [-0.2, 0) is 21.8 Å². The molecule has 4 rings (SSSR count). The average Bonchev–Trinajstić information content (AvgIpc) is 3.24. The first-order chi connectivity index (χ1) is 14.7. The number of alkyl halides is 3. The minimum absolute atomic E-state index is 0.0163. The third kappa shape index (κ3) is 4.23. The van der Waals surface area contributed by atoms with Crippen LogP contribution in [0, 0.1) is 0 Å². The summed E-state index contributed by atoms with van der Waals surface area (Å²) in [5, 5.41) is 1.15. The van der Waals surface area contributed by atoms with E-state index < -0.39 is 21.6 Å². The number of halogens is 3. The smallest absolute Gasteiger partial charge is 0.416 e. The number of hydrogen-bond acceptors (Lipinski definition) is 7. The molecule has 6 nitrogen and oxygen atoms in total. The number of pyridine rings is 1. The number of ether oxygens (including phenoxy) is 1. The molecule has 0 spiro atoms. The second kappa shape index (κ2) is 7.89. The van der Waals surface area contributed by atoms with Crippen molar-refractivity contribution < 1.29 is 26.3 Å². The van der Waals surface area contributed by atoms with Gasteiger partial charge in [0.05, 0.1) is 52.6 Å². The first kappa shape index (κ1) is 21.2. The summed E-state index contributed by atoms with van der Waals surface area (Å²) in [5.74, 6) is -0.262. The maximum atomic E-state index is 13.0. The molecule has 0 bridgehead atoms. The van der Waals surface area contributed by atoms with Crippen LogP contribution in [0.1, 0.15) is 11.3 Å². The van der Waals surface area contributed by atoms with Crippen LogP contribution in [0.15, 0.2) is 59.8 Å². The van der Waals surface area contributed by atoms with Crippen molar-refractivity contribution in [2.24, 2.45) is 0 Å². The Morgan fingerprint density at radius 3 is 2.58 bits per heavy atom. The van der Waals surface area contributed by atoms with Crippen molar-refractivity contribution in [3.8, 4) is 17.0 Å². The summed E-state index contributed by atoms with van der Waals surface area (Å²) in [6.07, 6.45) is -1.63. The van der Waals surface area contributed by atoms with Crippen LogP contribution in [0.5, 0.6) is 5.75 Å². The molecule has 0 fully saturated rings. The molecule has 0 amide bonds. The Morgan fingerprint density at radius 1 is 1.10 bits per heavy atom. The van der Waals surface area contributed by atoms with Crippen LogP contribution in [0.3, 0.4) is 0 Å². The van der Waals surface area contributed by atoms with Gasteiger partial charge < -0.3 is 4.74 Å². The van der Waals surface area contributed by atoms with Crippen LogP contribution >= 0.6 is 11.7 Å². The van der Waals surface area contributed by atoms with Crippen LogP contribution in [0.25, 0.3) is 22.0 Å². The van der Waals surface area contributed by atoms with Gasteiger partial charge in [-0.1, -0.05) is 6.07 Å². The SMILES string of the molecule is COc1cc(C(F)(F)F)ccc1-c1nccc2cc(S(=O)(=O)Cc3cnsn3)ccc12. The Labute approximate surface area is 179 Å². The molecule has 0 aliphatic heterocycles. The maximum Gasteiger partial charge on any atom is 0.416 e. The summed E-state index contributed by atoms with van der Waals surface area (Å²) in [7, 11) is -2.37. The van der Waals surface area contributed by atoms with E-state index in [0.29, 0.717) is 27.7 Å². The number of aromatic nitrogens is 3. The fourth-order valence-electron chi connectivity index (χ4n) is 3.15. The van der Waals surface area contributed by atoms with E-state index in [2.05, 4.69) is 13.7 Å². The van der Waals surface area contributed by atoms with Gasteiger partial charge in [0, 0.05) is 17.1 Å². The van der Waals surface area contributed by atoms with E-state index >= 15 is 0 Å². The lowest BCUT2D eigenvalue weighted by atomic mass is 10.0. The number of rotatable bonds is 5. The molecule has 0 aliphatic rings. The number of hydrogen-bond donors (Lipinski definition) is 0. The van der Waals surface area contributed by atoms with Crippen LogP contribution in [-0.4, -0.2) is 29.3 Å². The van der Waals surface area contributed by atoms with Crippen molar-refractivity contribution in [1.82, 2.24) is 13.7 Å². The summed E-state index contributed by atoms with van der Waals surface area (Å²) in [4.78, 5) is 4.40. The van der Waals surface area contributed by atoms with Crippen LogP contribution < -0.4 is 4.74 Å². The number of nitrogens with zero attached hydrogens (tertiary/aromatic N) is 3. The number of fused-ring (bicyclic) bond motifs is 1. The molecule has 0 atom stereocenters. The largest absolute Gasteiger partial charge is 0.496 e. The number of sulfone groups is 1. The van der Waals surface area contributed by atoms with Crippen molar-refractivity contribution in [2.75, 3.05) is 7.11 Å². The molecule has 0 saturated heterocycles. The van der Waals surface area contributed by atoms with Gasteiger partial charge in [0.15, 0.2) is 9.84 Å². The Kier molecular flexibility index (Phi) is 5.40. The fourth-order valence-corrected chi connectivity index (χ4v) is 4.94. The Morgan fingerprint density at radius 2 is 1.90 bits per heavy atom. The van der Waals surface area contributed by atoms with E-state index in [1.54, 1.807) is 12.1 Å². The maximum absolute atomic E-state index is 13.0. The molecule has 0 saturated carbocycles. The lowest BCUT2D eigenvalue weighted by Crippen LogP contribution is -2.06. The van der Waals surface area contributed by atoms with E-state index in [0.717, 1.165) is 23.9 Å². The normalized spacial score (nSPS) is 12.3. The van der Waals surface area contributed by atoms with Crippen LogP contribution in [0.2, 0.25) is 0 Å². The highest BCUT2D eigenvalue weighted by Gasteiger charge is 2.31.